The second-order valence-corrected chi connectivity index (χ2v) is 5.38. The van der Waals surface area contributed by atoms with E-state index in [1.807, 2.05) is 0 Å². The van der Waals surface area contributed by atoms with E-state index in [2.05, 4.69) is 9.97 Å². The Morgan fingerprint density at radius 1 is 1.61 bits per heavy atom. The van der Waals surface area contributed by atoms with E-state index < -0.39 is 28.5 Å². The average molecular weight is 252 g/mol. The van der Waals surface area contributed by atoms with Crippen molar-refractivity contribution in [3.8, 4) is 0 Å². The molecule has 2 aliphatic heterocycles. The Morgan fingerprint density at radius 3 is 2.89 bits per heavy atom. The summed E-state index contributed by atoms with van der Waals surface area (Å²) in [5.74, 6) is -0.0817. The van der Waals surface area contributed by atoms with Crippen molar-refractivity contribution < 1.29 is 14.9 Å². The smallest absolute Gasteiger partial charge is 0.354 e. The van der Waals surface area contributed by atoms with Crippen LogP contribution in [0, 0.1) is 5.41 Å². The summed E-state index contributed by atoms with van der Waals surface area (Å²) in [6.45, 7) is -0.250. The molecule has 4 fully saturated rings. The number of ether oxygens (including phenoxy) is 1. The Labute approximate surface area is 101 Å². The third kappa shape index (κ3) is 0.798. The van der Waals surface area contributed by atoms with Gasteiger partial charge in [-0.15, -0.1) is 0 Å². The molecular formula is C10H12N4O4. The lowest BCUT2D eigenvalue weighted by Gasteiger charge is -2.42. The molecule has 2 atom stereocenters. The van der Waals surface area contributed by atoms with Crippen LogP contribution >= 0.6 is 0 Å². The Balaban J connectivity index is 1.76. The molecule has 1 aromatic heterocycles. The molecule has 8 heteroatoms. The topological polar surface area (TPSA) is 123 Å². The molecule has 1 spiro atoms. The highest BCUT2D eigenvalue weighted by Crippen LogP contribution is 2.82. The van der Waals surface area contributed by atoms with Gasteiger partial charge in [-0.2, -0.15) is 4.98 Å². The number of nitrogen functional groups attached to an aromatic ring is 1. The first-order valence-electron chi connectivity index (χ1n) is 5.71. The number of nitrogens with two attached hydrogens (primary N) is 1. The molecular weight excluding hydrogens is 240 g/mol. The van der Waals surface area contributed by atoms with E-state index in [1.54, 1.807) is 0 Å². The molecule has 4 N–H and O–H groups in total. The van der Waals surface area contributed by atoms with Gasteiger partial charge in [0.25, 0.3) is 0 Å². The van der Waals surface area contributed by atoms with Crippen LogP contribution in [0.15, 0.2) is 11.1 Å². The molecule has 2 bridgehead atoms. The number of hydrogen-bond donors (Lipinski definition) is 3. The van der Waals surface area contributed by atoms with Gasteiger partial charge in [0, 0.05) is 18.3 Å². The Bertz CT molecular complexity index is 608. The molecule has 0 unspecified atom stereocenters. The summed E-state index contributed by atoms with van der Waals surface area (Å²) in [5, 5.41) is 19.2. The zero-order valence-electron chi connectivity index (χ0n) is 9.41. The van der Waals surface area contributed by atoms with Crippen LogP contribution in [0.1, 0.15) is 12.8 Å². The SMILES string of the molecule is Nc1ncn(C23CC4(C2)[C@@H](O)[C@]4(CO)O3)c(=O)n1. The molecule has 0 amide bonds. The molecule has 8 nitrogen and oxygen atoms in total. The number of aliphatic hydroxyl groups is 2. The Hall–Kier alpha value is -1.51. The molecule has 3 heterocycles. The summed E-state index contributed by atoms with van der Waals surface area (Å²) in [6.07, 6.45) is 1.64. The molecule has 2 saturated heterocycles. The van der Waals surface area contributed by atoms with E-state index in [1.165, 1.54) is 10.9 Å². The summed E-state index contributed by atoms with van der Waals surface area (Å²) in [4.78, 5) is 19.1. The van der Waals surface area contributed by atoms with Crippen molar-refractivity contribution in [1.29, 1.82) is 0 Å². The maximum Gasteiger partial charge on any atom is 0.354 e. The van der Waals surface area contributed by atoms with Crippen molar-refractivity contribution in [3.05, 3.63) is 16.8 Å². The minimum Gasteiger partial charge on any atom is -0.393 e. The van der Waals surface area contributed by atoms with Gasteiger partial charge in [0.15, 0.2) is 5.72 Å². The maximum atomic E-state index is 11.8. The van der Waals surface area contributed by atoms with Gasteiger partial charge in [0.05, 0.1) is 12.7 Å². The number of rotatable bonds is 2. The molecule has 18 heavy (non-hydrogen) atoms. The lowest BCUT2D eigenvalue weighted by molar-refractivity contribution is -0.181. The first-order chi connectivity index (χ1) is 8.50. The second kappa shape index (κ2) is 2.58. The van der Waals surface area contributed by atoms with Crippen LogP contribution in [0.3, 0.4) is 0 Å². The number of nitrogens with zero attached hydrogens (tertiary/aromatic N) is 3. The van der Waals surface area contributed by atoms with E-state index in [0.29, 0.717) is 12.8 Å². The number of hydrogen-bond acceptors (Lipinski definition) is 7. The van der Waals surface area contributed by atoms with Gasteiger partial charge in [-0.1, -0.05) is 0 Å². The largest absolute Gasteiger partial charge is 0.393 e. The average Bonchev–Trinajstić information content (AvgIpc) is 2.59. The highest BCUT2D eigenvalue weighted by atomic mass is 16.6. The fourth-order valence-corrected chi connectivity index (χ4v) is 3.73. The van der Waals surface area contributed by atoms with Crippen LogP contribution in [0.4, 0.5) is 5.95 Å². The normalized spacial score (nSPS) is 47.6. The van der Waals surface area contributed by atoms with Crippen molar-refractivity contribution in [3.63, 3.8) is 0 Å². The van der Waals surface area contributed by atoms with E-state index >= 15 is 0 Å². The minimum atomic E-state index is -0.909. The molecule has 96 valence electrons. The molecule has 5 rings (SSSR count). The maximum absolute atomic E-state index is 11.8. The fourth-order valence-electron chi connectivity index (χ4n) is 3.73. The molecule has 2 aliphatic carbocycles. The Kier molecular flexibility index (Phi) is 1.49. The van der Waals surface area contributed by atoms with E-state index in [-0.39, 0.29) is 12.6 Å². The summed E-state index contributed by atoms with van der Waals surface area (Å²) in [6, 6.07) is 0. The number of anilines is 1. The summed E-state index contributed by atoms with van der Waals surface area (Å²) in [7, 11) is 0. The van der Waals surface area contributed by atoms with Gasteiger partial charge in [0.2, 0.25) is 5.95 Å². The summed E-state index contributed by atoms with van der Waals surface area (Å²) < 4.78 is 7.08. The predicted molar refractivity (Wildman–Crippen MR) is 57.3 cm³/mol. The third-order valence-corrected chi connectivity index (χ3v) is 4.68. The predicted octanol–water partition coefficient (Wildman–Crippen LogP) is -2.21. The Morgan fingerprint density at radius 2 is 2.33 bits per heavy atom. The van der Waals surface area contributed by atoms with Crippen molar-refractivity contribution >= 4 is 5.95 Å². The number of aliphatic hydroxyl groups excluding tert-OH is 2. The zero-order chi connectivity index (χ0) is 12.8. The highest BCUT2D eigenvalue weighted by molar-refractivity contribution is 5.38. The summed E-state index contributed by atoms with van der Waals surface area (Å²) in [5.41, 5.74) is 2.67. The fraction of sp³-hybridized carbons (Fsp3) is 0.700. The highest BCUT2D eigenvalue weighted by Gasteiger charge is 2.93. The van der Waals surface area contributed by atoms with Crippen LogP contribution in [-0.2, 0) is 10.5 Å². The van der Waals surface area contributed by atoms with Crippen molar-refractivity contribution in [2.75, 3.05) is 12.3 Å². The second-order valence-electron chi connectivity index (χ2n) is 5.38. The van der Waals surface area contributed by atoms with Gasteiger partial charge in [0.1, 0.15) is 11.9 Å². The first kappa shape index (κ1) is 10.4. The van der Waals surface area contributed by atoms with Gasteiger partial charge in [-0.25, -0.2) is 9.78 Å². The van der Waals surface area contributed by atoms with Crippen LogP contribution < -0.4 is 11.4 Å². The first-order valence-corrected chi connectivity index (χ1v) is 5.71. The monoisotopic (exact) mass is 252 g/mol. The van der Waals surface area contributed by atoms with Gasteiger partial charge < -0.3 is 20.7 Å². The number of aromatic nitrogens is 3. The lowest BCUT2D eigenvalue weighted by Crippen LogP contribution is -2.51. The van der Waals surface area contributed by atoms with Gasteiger partial charge in [-0.3, -0.25) is 4.57 Å². The van der Waals surface area contributed by atoms with Crippen LogP contribution in [-0.4, -0.2) is 43.1 Å². The van der Waals surface area contributed by atoms with Crippen LogP contribution in [0.25, 0.3) is 0 Å². The molecule has 1 aromatic rings. The molecule has 4 aliphatic rings. The van der Waals surface area contributed by atoms with Crippen molar-refractivity contribution in [2.45, 2.75) is 30.3 Å². The quantitative estimate of drug-likeness (QED) is 0.545. The summed E-state index contributed by atoms with van der Waals surface area (Å²) >= 11 is 0. The van der Waals surface area contributed by atoms with Crippen LogP contribution in [0.5, 0.6) is 0 Å². The minimum absolute atomic E-state index is 0.0817. The standard InChI is InChI=1S/C10H12N4O4/c11-6-12-4-14(7(17)13-6)9-1-8(2-9)5(16)10(8,3-15)18-9/h4-5,15-16H,1-3H2,(H2,11,13,17)/t5-,8?,9?,10+/m1/s1. The van der Waals surface area contributed by atoms with Crippen molar-refractivity contribution in [1.82, 2.24) is 14.5 Å². The zero-order valence-corrected chi connectivity index (χ0v) is 9.41. The molecule has 2 saturated carbocycles. The molecule has 0 aromatic carbocycles. The third-order valence-electron chi connectivity index (χ3n) is 4.68. The lowest BCUT2D eigenvalue weighted by atomic mass is 9.73. The van der Waals surface area contributed by atoms with Gasteiger partial charge in [-0.05, 0) is 0 Å². The van der Waals surface area contributed by atoms with E-state index in [0.717, 1.165) is 0 Å². The van der Waals surface area contributed by atoms with Crippen LogP contribution in [0.2, 0.25) is 0 Å². The van der Waals surface area contributed by atoms with Crippen molar-refractivity contribution in [2.24, 2.45) is 5.41 Å². The van der Waals surface area contributed by atoms with Gasteiger partial charge >= 0.3 is 5.69 Å². The van der Waals surface area contributed by atoms with E-state index in [9.17, 15) is 15.0 Å². The molecule has 0 radical (unpaired) electrons. The van der Waals surface area contributed by atoms with E-state index in [4.69, 9.17) is 10.5 Å².